The van der Waals surface area contributed by atoms with Crippen molar-refractivity contribution in [3.63, 3.8) is 0 Å². The number of anilines is 1. The highest BCUT2D eigenvalue weighted by Gasteiger charge is 2.40. The molecule has 0 spiro atoms. The smallest absolute Gasteiger partial charge is 0.253 e. The second-order valence-corrected chi connectivity index (χ2v) is 7.95. The molecular weight excluding hydrogens is 328 g/mol. The molecule has 2 aromatic rings. The molecule has 0 bridgehead atoms. The van der Waals surface area contributed by atoms with Crippen LogP contribution in [0.1, 0.15) is 30.3 Å². The molecule has 0 amide bonds. The van der Waals surface area contributed by atoms with Crippen LogP contribution in [-0.4, -0.2) is 50.6 Å². The highest BCUT2D eigenvalue weighted by Crippen LogP contribution is 2.40. The normalized spacial score (nSPS) is 25.7. The molecule has 2 saturated heterocycles. The molecule has 2 unspecified atom stereocenters. The monoisotopic (exact) mass is 352 g/mol. The van der Waals surface area contributed by atoms with Crippen LogP contribution in [0.5, 0.6) is 0 Å². The summed E-state index contributed by atoms with van der Waals surface area (Å²) in [6, 6.07) is 3.71. The van der Waals surface area contributed by atoms with Gasteiger partial charge >= 0.3 is 0 Å². The van der Waals surface area contributed by atoms with Gasteiger partial charge in [-0.3, -0.25) is 14.3 Å². The topological polar surface area (TPSA) is 67.2 Å². The standard InChI is InChI=1S/C19H24N6O/c1-23-18(20-5-4-19(23)26)11-24-7-14-9-25(10-15(14)8-24)17-6-16(13-2-3-13)21-12-22-17/h4-6,12-15H,2-3,7-11H2,1H3. The van der Waals surface area contributed by atoms with Crippen molar-refractivity contribution in [1.29, 1.82) is 0 Å². The first-order valence-electron chi connectivity index (χ1n) is 9.47. The van der Waals surface area contributed by atoms with Crippen LogP contribution >= 0.6 is 0 Å². The fourth-order valence-electron chi connectivity index (χ4n) is 4.40. The van der Waals surface area contributed by atoms with Crippen molar-refractivity contribution in [2.75, 3.05) is 31.1 Å². The Labute approximate surface area is 152 Å². The van der Waals surface area contributed by atoms with E-state index in [9.17, 15) is 4.79 Å². The van der Waals surface area contributed by atoms with E-state index >= 15 is 0 Å². The maximum Gasteiger partial charge on any atom is 0.253 e. The van der Waals surface area contributed by atoms with Crippen molar-refractivity contribution in [2.45, 2.75) is 25.3 Å². The molecule has 7 nitrogen and oxygen atoms in total. The summed E-state index contributed by atoms with van der Waals surface area (Å²) >= 11 is 0. The lowest BCUT2D eigenvalue weighted by molar-refractivity contribution is 0.295. The van der Waals surface area contributed by atoms with Crippen molar-refractivity contribution < 1.29 is 0 Å². The molecule has 5 rings (SSSR count). The van der Waals surface area contributed by atoms with Crippen molar-refractivity contribution in [1.82, 2.24) is 24.4 Å². The van der Waals surface area contributed by atoms with Gasteiger partial charge in [0.15, 0.2) is 0 Å². The van der Waals surface area contributed by atoms with Crippen LogP contribution in [0.4, 0.5) is 5.82 Å². The van der Waals surface area contributed by atoms with Gasteiger partial charge in [0.25, 0.3) is 5.56 Å². The Morgan fingerprint density at radius 1 is 1.08 bits per heavy atom. The predicted octanol–water partition coefficient (Wildman–Crippen LogP) is 1.02. The number of aromatic nitrogens is 4. The lowest BCUT2D eigenvalue weighted by Crippen LogP contribution is -2.31. The van der Waals surface area contributed by atoms with Gasteiger partial charge in [-0.2, -0.15) is 0 Å². The van der Waals surface area contributed by atoms with Crippen molar-refractivity contribution in [2.24, 2.45) is 18.9 Å². The van der Waals surface area contributed by atoms with Gasteiger partial charge in [-0.15, -0.1) is 0 Å². The fourth-order valence-corrected chi connectivity index (χ4v) is 4.40. The minimum Gasteiger partial charge on any atom is -0.356 e. The fraction of sp³-hybridized carbons (Fsp3) is 0.579. The third kappa shape index (κ3) is 2.90. The molecule has 1 saturated carbocycles. The van der Waals surface area contributed by atoms with Crippen LogP contribution in [0.2, 0.25) is 0 Å². The molecule has 2 aliphatic heterocycles. The zero-order chi connectivity index (χ0) is 17.7. The molecule has 136 valence electrons. The van der Waals surface area contributed by atoms with E-state index in [4.69, 9.17) is 0 Å². The van der Waals surface area contributed by atoms with Crippen LogP contribution in [0.15, 0.2) is 29.5 Å². The molecular formula is C19H24N6O. The number of hydrogen-bond donors (Lipinski definition) is 0. The Hall–Kier alpha value is -2.28. The molecule has 26 heavy (non-hydrogen) atoms. The Morgan fingerprint density at radius 3 is 2.58 bits per heavy atom. The van der Waals surface area contributed by atoms with Crippen LogP contribution in [0.3, 0.4) is 0 Å². The Bertz CT molecular complexity index is 862. The summed E-state index contributed by atoms with van der Waals surface area (Å²) in [5, 5.41) is 0. The van der Waals surface area contributed by atoms with E-state index in [-0.39, 0.29) is 5.56 Å². The summed E-state index contributed by atoms with van der Waals surface area (Å²) in [6.45, 7) is 4.99. The quantitative estimate of drug-likeness (QED) is 0.818. The first kappa shape index (κ1) is 15.9. The SMILES string of the molecule is Cn1c(CN2CC3CN(c4cc(C5CC5)ncn4)CC3C2)nccc1=O. The minimum atomic E-state index is 0.01000. The van der Waals surface area contributed by atoms with Crippen LogP contribution in [-0.2, 0) is 13.6 Å². The molecule has 0 aromatic carbocycles. The second kappa shape index (κ2) is 6.16. The molecule has 0 N–H and O–H groups in total. The molecule has 7 heteroatoms. The van der Waals surface area contributed by atoms with Gasteiger partial charge in [-0.25, -0.2) is 15.0 Å². The van der Waals surface area contributed by atoms with E-state index in [0.29, 0.717) is 17.8 Å². The summed E-state index contributed by atoms with van der Waals surface area (Å²) in [5.41, 5.74) is 1.22. The lowest BCUT2D eigenvalue weighted by atomic mass is 10.0. The van der Waals surface area contributed by atoms with Gasteiger partial charge in [0, 0.05) is 63.2 Å². The number of fused-ring (bicyclic) bond motifs is 1. The third-order valence-electron chi connectivity index (χ3n) is 6.08. The average molecular weight is 352 g/mol. The summed E-state index contributed by atoms with van der Waals surface area (Å²) in [7, 11) is 1.80. The maximum absolute atomic E-state index is 11.8. The number of nitrogens with zero attached hydrogens (tertiary/aromatic N) is 6. The Kier molecular flexibility index (Phi) is 3.77. The number of rotatable bonds is 4. The van der Waals surface area contributed by atoms with Gasteiger partial charge in [0.2, 0.25) is 0 Å². The zero-order valence-corrected chi connectivity index (χ0v) is 15.1. The van der Waals surface area contributed by atoms with Gasteiger partial charge in [-0.05, 0) is 24.7 Å². The first-order valence-corrected chi connectivity index (χ1v) is 9.47. The molecule has 0 radical (unpaired) electrons. The van der Waals surface area contributed by atoms with Gasteiger partial charge in [-0.1, -0.05) is 0 Å². The van der Waals surface area contributed by atoms with Gasteiger partial charge in [0.1, 0.15) is 18.0 Å². The molecule has 3 fully saturated rings. The van der Waals surface area contributed by atoms with E-state index in [1.807, 2.05) is 0 Å². The van der Waals surface area contributed by atoms with Crippen LogP contribution in [0.25, 0.3) is 0 Å². The Balaban J connectivity index is 1.24. The van der Waals surface area contributed by atoms with E-state index < -0.39 is 0 Å². The highest BCUT2D eigenvalue weighted by molar-refractivity contribution is 5.42. The highest BCUT2D eigenvalue weighted by atomic mass is 16.1. The van der Waals surface area contributed by atoms with Gasteiger partial charge < -0.3 is 4.90 Å². The summed E-state index contributed by atoms with van der Waals surface area (Å²) in [4.78, 5) is 30.0. The van der Waals surface area contributed by atoms with E-state index in [1.165, 1.54) is 24.6 Å². The lowest BCUT2D eigenvalue weighted by Gasteiger charge is -2.22. The zero-order valence-electron chi connectivity index (χ0n) is 15.1. The van der Waals surface area contributed by atoms with Crippen LogP contribution < -0.4 is 10.5 Å². The van der Waals surface area contributed by atoms with Crippen molar-refractivity contribution >= 4 is 5.82 Å². The largest absolute Gasteiger partial charge is 0.356 e. The minimum absolute atomic E-state index is 0.01000. The number of likely N-dealkylation sites (tertiary alicyclic amines) is 1. The molecule has 4 heterocycles. The Morgan fingerprint density at radius 2 is 1.85 bits per heavy atom. The van der Waals surface area contributed by atoms with E-state index in [1.54, 1.807) is 24.1 Å². The van der Waals surface area contributed by atoms with Gasteiger partial charge in [0.05, 0.1) is 6.54 Å². The first-order chi connectivity index (χ1) is 12.7. The molecule has 1 aliphatic carbocycles. The molecule has 2 atom stereocenters. The average Bonchev–Trinajstić information content (AvgIpc) is 3.32. The summed E-state index contributed by atoms with van der Waals surface area (Å²) < 4.78 is 1.65. The van der Waals surface area contributed by atoms with Crippen LogP contribution in [0, 0.1) is 11.8 Å². The number of hydrogen-bond acceptors (Lipinski definition) is 6. The van der Waals surface area contributed by atoms with E-state index in [2.05, 4.69) is 30.8 Å². The van der Waals surface area contributed by atoms with E-state index in [0.717, 1.165) is 44.4 Å². The maximum atomic E-state index is 11.8. The molecule has 2 aromatic heterocycles. The predicted molar refractivity (Wildman–Crippen MR) is 98.0 cm³/mol. The second-order valence-electron chi connectivity index (χ2n) is 7.95. The molecule has 3 aliphatic rings. The summed E-state index contributed by atoms with van der Waals surface area (Å²) in [6.07, 6.45) is 5.88. The van der Waals surface area contributed by atoms with Crippen molar-refractivity contribution in [3.05, 3.63) is 46.5 Å². The third-order valence-corrected chi connectivity index (χ3v) is 6.08. The summed E-state index contributed by atoms with van der Waals surface area (Å²) in [5.74, 6) is 3.93. The van der Waals surface area contributed by atoms with Crippen molar-refractivity contribution in [3.8, 4) is 0 Å².